The van der Waals surface area contributed by atoms with Gasteiger partial charge in [0, 0.05) is 46.5 Å². The zero-order chi connectivity index (χ0) is 17.9. The van der Waals surface area contributed by atoms with Crippen LogP contribution in [-0.4, -0.2) is 74.7 Å². The van der Waals surface area contributed by atoms with Gasteiger partial charge in [-0.25, -0.2) is 0 Å². The Morgan fingerprint density at radius 1 is 1.28 bits per heavy atom. The van der Waals surface area contributed by atoms with Crippen molar-refractivity contribution in [2.75, 3.05) is 53.1 Å². The molecule has 3 heterocycles. The third-order valence-electron chi connectivity index (χ3n) is 6.00. The molecule has 0 radical (unpaired) electrons. The lowest BCUT2D eigenvalue weighted by Gasteiger charge is -2.40. The Morgan fingerprint density at radius 3 is 2.72 bits per heavy atom. The second-order valence-corrected chi connectivity index (χ2v) is 7.45. The molecular formula is C18H27N3O4. The number of hydrogen-bond acceptors (Lipinski definition) is 5. The summed E-state index contributed by atoms with van der Waals surface area (Å²) in [6.07, 6.45) is 3.36. The standard InChI is InChI=1S/C18H27N3O4/c1-24-12-9-20-7-2-3-18(16(20)23)4-8-21(14-18)15(22)17(13-19)5-10-25-11-6-17/h2-12,14H2,1H3/t18-/m1/s1. The predicted molar refractivity (Wildman–Crippen MR) is 89.4 cm³/mol. The zero-order valence-electron chi connectivity index (χ0n) is 15.0. The maximum Gasteiger partial charge on any atom is 0.243 e. The Balaban J connectivity index is 1.71. The fraction of sp³-hybridized carbons (Fsp3) is 0.833. The summed E-state index contributed by atoms with van der Waals surface area (Å²) in [5.41, 5.74) is -1.44. The lowest BCUT2D eigenvalue weighted by atomic mass is 9.77. The summed E-state index contributed by atoms with van der Waals surface area (Å²) in [5.74, 6) is 0.0288. The minimum absolute atomic E-state index is 0.114. The van der Waals surface area contributed by atoms with Gasteiger partial charge in [0.25, 0.3) is 0 Å². The number of amides is 2. The molecule has 0 aromatic carbocycles. The third kappa shape index (κ3) is 3.25. The number of methoxy groups -OCH3 is 1. The minimum Gasteiger partial charge on any atom is -0.383 e. The van der Waals surface area contributed by atoms with Gasteiger partial charge < -0.3 is 19.3 Å². The first-order valence-electron chi connectivity index (χ1n) is 9.14. The molecule has 1 atom stereocenters. The molecule has 3 fully saturated rings. The fourth-order valence-corrected chi connectivity index (χ4v) is 4.39. The minimum atomic E-state index is -0.975. The first-order chi connectivity index (χ1) is 12.1. The van der Waals surface area contributed by atoms with Crippen molar-refractivity contribution in [3.63, 3.8) is 0 Å². The molecule has 0 unspecified atom stereocenters. The SMILES string of the molecule is COCCN1CCC[C@]2(CCN(C(=O)C3(C#N)CCOCC3)C2)C1=O. The lowest BCUT2D eigenvalue weighted by molar-refractivity contribution is -0.148. The van der Waals surface area contributed by atoms with Crippen molar-refractivity contribution >= 4 is 11.8 Å². The van der Waals surface area contributed by atoms with E-state index < -0.39 is 10.8 Å². The number of nitrogens with zero attached hydrogens (tertiary/aromatic N) is 3. The fourth-order valence-electron chi connectivity index (χ4n) is 4.39. The van der Waals surface area contributed by atoms with E-state index >= 15 is 0 Å². The van der Waals surface area contributed by atoms with Crippen LogP contribution in [0.2, 0.25) is 0 Å². The monoisotopic (exact) mass is 349 g/mol. The number of carbonyl (C=O) groups excluding carboxylic acids is 2. The molecule has 0 aromatic rings. The van der Waals surface area contributed by atoms with Crippen LogP contribution in [0.3, 0.4) is 0 Å². The largest absolute Gasteiger partial charge is 0.383 e. The van der Waals surface area contributed by atoms with Gasteiger partial charge in [-0.1, -0.05) is 0 Å². The van der Waals surface area contributed by atoms with Gasteiger partial charge in [-0.3, -0.25) is 9.59 Å². The number of nitriles is 1. The van der Waals surface area contributed by atoms with Crippen LogP contribution in [-0.2, 0) is 19.1 Å². The Kier molecular flexibility index (Phi) is 5.30. The number of ether oxygens (including phenoxy) is 2. The second kappa shape index (κ2) is 7.30. The summed E-state index contributed by atoms with van der Waals surface area (Å²) in [6.45, 7) is 3.79. The van der Waals surface area contributed by atoms with Crippen LogP contribution >= 0.6 is 0 Å². The highest BCUT2D eigenvalue weighted by molar-refractivity contribution is 5.89. The van der Waals surface area contributed by atoms with Crippen molar-refractivity contribution in [1.82, 2.24) is 9.80 Å². The molecule has 3 rings (SSSR count). The second-order valence-electron chi connectivity index (χ2n) is 7.45. The van der Waals surface area contributed by atoms with E-state index in [9.17, 15) is 14.9 Å². The lowest BCUT2D eigenvalue weighted by Crippen LogP contribution is -2.52. The van der Waals surface area contributed by atoms with Gasteiger partial charge in [-0.05, 0) is 32.1 Å². The molecule has 0 saturated carbocycles. The maximum absolute atomic E-state index is 13.0. The Labute approximate surface area is 148 Å². The molecule has 3 saturated heterocycles. The number of hydrogen-bond donors (Lipinski definition) is 0. The van der Waals surface area contributed by atoms with Crippen LogP contribution in [0.5, 0.6) is 0 Å². The smallest absolute Gasteiger partial charge is 0.243 e. The van der Waals surface area contributed by atoms with Crippen molar-refractivity contribution in [1.29, 1.82) is 5.26 Å². The van der Waals surface area contributed by atoms with Crippen molar-refractivity contribution < 1.29 is 19.1 Å². The van der Waals surface area contributed by atoms with Crippen LogP contribution in [0.1, 0.15) is 32.1 Å². The third-order valence-corrected chi connectivity index (χ3v) is 6.00. The average molecular weight is 349 g/mol. The Bertz CT molecular complexity index is 567. The Hall–Kier alpha value is -1.65. The number of piperidine rings is 1. The average Bonchev–Trinajstić information content (AvgIpc) is 3.08. The van der Waals surface area contributed by atoms with E-state index in [1.54, 1.807) is 12.0 Å². The summed E-state index contributed by atoms with van der Waals surface area (Å²) in [7, 11) is 1.63. The molecule has 25 heavy (non-hydrogen) atoms. The zero-order valence-corrected chi connectivity index (χ0v) is 15.0. The van der Waals surface area contributed by atoms with E-state index in [2.05, 4.69) is 6.07 Å². The van der Waals surface area contributed by atoms with Crippen molar-refractivity contribution in [3.05, 3.63) is 0 Å². The number of rotatable bonds is 4. The molecule has 138 valence electrons. The first kappa shape index (κ1) is 18.2. The molecule has 7 heteroatoms. The summed E-state index contributed by atoms with van der Waals surface area (Å²) < 4.78 is 10.4. The van der Waals surface area contributed by atoms with Gasteiger partial charge in [0.05, 0.1) is 18.1 Å². The maximum atomic E-state index is 13.0. The van der Waals surface area contributed by atoms with Crippen molar-refractivity contribution in [2.45, 2.75) is 32.1 Å². The highest BCUT2D eigenvalue weighted by Gasteiger charge is 2.52. The number of carbonyl (C=O) groups is 2. The summed E-state index contributed by atoms with van der Waals surface area (Å²) in [4.78, 5) is 29.7. The van der Waals surface area contributed by atoms with Crippen molar-refractivity contribution in [3.8, 4) is 6.07 Å². The molecular weight excluding hydrogens is 322 g/mol. The van der Waals surface area contributed by atoms with Crippen LogP contribution in [0.4, 0.5) is 0 Å². The molecule has 0 aliphatic carbocycles. The van der Waals surface area contributed by atoms with Crippen LogP contribution in [0, 0.1) is 22.2 Å². The van der Waals surface area contributed by atoms with E-state index in [0.29, 0.717) is 58.7 Å². The molecule has 3 aliphatic heterocycles. The van der Waals surface area contributed by atoms with E-state index in [-0.39, 0.29) is 11.8 Å². The van der Waals surface area contributed by atoms with Gasteiger partial charge in [-0.2, -0.15) is 5.26 Å². The van der Waals surface area contributed by atoms with E-state index in [1.807, 2.05) is 4.90 Å². The molecule has 1 spiro atoms. The predicted octanol–water partition coefficient (Wildman–Crippen LogP) is 0.794. The Morgan fingerprint density at radius 2 is 2.04 bits per heavy atom. The molecule has 7 nitrogen and oxygen atoms in total. The molecule has 0 aromatic heterocycles. The summed E-state index contributed by atoms with van der Waals surface area (Å²) in [6, 6.07) is 2.25. The van der Waals surface area contributed by atoms with Crippen molar-refractivity contribution in [2.24, 2.45) is 10.8 Å². The van der Waals surface area contributed by atoms with Gasteiger partial charge >= 0.3 is 0 Å². The van der Waals surface area contributed by atoms with Gasteiger partial charge in [0.15, 0.2) is 0 Å². The number of likely N-dealkylation sites (tertiary alicyclic amines) is 2. The van der Waals surface area contributed by atoms with Crippen LogP contribution in [0.15, 0.2) is 0 Å². The quantitative estimate of drug-likeness (QED) is 0.749. The molecule has 0 N–H and O–H groups in total. The van der Waals surface area contributed by atoms with Gasteiger partial charge in [0.2, 0.25) is 11.8 Å². The van der Waals surface area contributed by atoms with E-state index in [1.165, 1.54) is 0 Å². The first-order valence-corrected chi connectivity index (χ1v) is 9.14. The highest BCUT2D eigenvalue weighted by atomic mass is 16.5. The van der Waals surface area contributed by atoms with Gasteiger partial charge in [-0.15, -0.1) is 0 Å². The summed E-state index contributed by atoms with van der Waals surface area (Å²) in [5, 5.41) is 9.62. The molecule has 3 aliphatic rings. The highest BCUT2D eigenvalue weighted by Crippen LogP contribution is 2.42. The van der Waals surface area contributed by atoms with Gasteiger partial charge in [0.1, 0.15) is 5.41 Å². The normalized spacial score (nSPS) is 29.0. The van der Waals surface area contributed by atoms with E-state index in [4.69, 9.17) is 9.47 Å². The summed E-state index contributed by atoms with van der Waals surface area (Å²) >= 11 is 0. The van der Waals surface area contributed by atoms with Crippen LogP contribution in [0.25, 0.3) is 0 Å². The van der Waals surface area contributed by atoms with E-state index in [0.717, 1.165) is 19.4 Å². The van der Waals surface area contributed by atoms with Crippen LogP contribution < -0.4 is 0 Å². The molecule has 0 bridgehead atoms. The molecule has 2 amide bonds. The topological polar surface area (TPSA) is 82.9 Å².